The molecule has 3 aliphatic heterocycles. The number of aliphatic hydroxyl groups excluding tert-OH is 1. The van der Waals surface area contributed by atoms with E-state index in [1.165, 1.54) is 20.2 Å². The van der Waals surface area contributed by atoms with Gasteiger partial charge in [0.25, 0.3) is 5.91 Å². The number of carbonyl (C=O) groups is 4. The van der Waals surface area contributed by atoms with Gasteiger partial charge in [-0.05, 0) is 104 Å². The van der Waals surface area contributed by atoms with Gasteiger partial charge in [0.1, 0.15) is 29.5 Å². The summed E-state index contributed by atoms with van der Waals surface area (Å²) in [6.45, 7) is 12.0. The first kappa shape index (κ1) is 52.6. The molecule has 13 atom stereocenters. The number of amides is 2. The highest BCUT2D eigenvalue weighted by molar-refractivity contribution is 6.25. The Balaban J connectivity index is 1.21. The maximum atomic E-state index is 14.6. The van der Waals surface area contributed by atoms with Gasteiger partial charge < -0.3 is 50.1 Å². The van der Waals surface area contributed by atoms with Crippen molar-refractivity contribution >= 4 is 41.0 Å². The third-order valence-corrected chi connectivity index (χ3v) is 14.2. The number of ether oxygens (including phenoxy) is 5. The van der Waals surface area contributed by atoms with E-state index in [9.17, 15) is 24.3 Å². The fraction of sp³-hybridized carbons (Fsp3) is 0.646. The third kappa shape index (κ3) is 12.0. The molecule has 3 saturated heterocycles. The molecule has 2 unspecified atom stereocenters. The summed E-state index contributed by atoms with van der Waals surface area (Å²) in [6, 6.07) is 10.8. The van der Waals surface area contributed by atoms with E-state index in [0.29, 0.717) is 50.2 Å². The number of fused-ring (bicyclic) bond motifs is 1. The zero-order chi connectivity index (χ0) is 49.5. The van der Waals surface area contributed by atoms with Crippen LogP contribution in [0.3, 0.4) is 0 Å². The van der Waals surface area contributed by atoms with Crippen LogP contribution in [-0.4, -0.2) is 159 Å². The van der Waals surface area contributed by atoms with Crippen LogP contribution in [0.1, 0.15) is 84.1 Å². The predicted octanol–water partition coefficient (Wildman–Crippen LogP) is 4.27. The molecule has 0 radical (unpaired) electrons. The third-order valence-electron chi connectivity index (χ3n) is 13.6. The number of likely N-dealkylation sites (N-methyl/N-ethyl adjacent to an activating group) is 1. The number of esters is 1. The normalized spacial score (nSPS) is 33.0. The number of methoxy groups -OCH3 is 1. The zero-order valence-corrected chi connectivity index (χ0v) is 41.4. The molecule has 3 aliphatic rings. The van der Waals surface area contributed by atoms with Gasteiger partial charge in [-0.1, -0.05) is 55.8 Å². The maximum absolute atomic E-state index is 14.6. The van der Waals surface area contributed by atoms with Crippen molar-refractivity contribution in [1.29, 1.82) is 0 Å². The number of pyridine rings is 1. The molecular weight excluding hydrogens is 898 g/mol. The van der Waals surface area contributed by atoms with E-state index in [1.807, 2.05) is 70.2 Å². The maximum Gasteiger partial charge on any atom is 0.412 e. The summed E-state index contributed by atoms with van der Waals surface area (Å²) < 4.78 is 33.3. The average Bonchev–Trinajstić information content (AvgIpc) is 3.90. The Morgan fingerprint density at radius 2 is 1.85 bits per heavy atom. The molecule has 6 rings (SSSR count). The topological polar surface area (TPSA) is 235 Å². The van der Waals surface area contributed by atoms with Gasteiger partial charge in [-0.2, -0.15) is 0 Å². The number of nitrogens with zero attached hydrogens (tertiary/aromatic N) is 6. The summed E-state index contributed by atoms with van der Waals surface area (Å²) in [5, 5.41) is 25.0. The number of ketones is 1. The molecule has 0 bridgehead atoms. The lowest BCUT2D eigenvalue weighted by Crippen LogP contribution is -2.60. The molecule has 68 heavy (non-hydrogen) atoms. The summed E-state index contributed by atoms with van der Waals surface area (Å²) in [6.07, 6.45) is -0.348. The molecule has 5 N–H and O–H groups in total. The number of aromatic nitrogens is 4. The van der Waals surface area contributed by atoms with E-state index < -0.39 is 89.2 Å². The van der Waals surface area contributed by atoms with Gasteiger partial charge in [-0.3, -0.25) is 28.9 Å². The number of rotatable bonds is 14. The van der Waals surface area contributed by atoms with Crippen LogP contribution in [-0.2, 0) is 39.8 Å². The van der Waals surface area contributed by atoms with Crippen LogP contribution in [0.15, 0.2) is 54.9 Å². The van der Waals surface area contributed by atoms with Crippen LogP contribution >= 0.6 is 11.6 Å². The summed E-state index contributed by atoms with van der Waals surface area (Å²) in [7, 11) is 5.20. The molecule has 374 valence electrons. The van der Waals surface area contributed by atoms with Crippen molar-refractivity contribution < 1.29 is 48.0 Å². The first-order chi connectivity index (χ1) is 32.3. The number of unbranched alkanes of at least 4 members (excludes halogenated alkanes) is 1. The Morgan fingerprint density at radius 1 is 1.10 bits per heavy atom. The lowest BCUT2D eigenvalue weighted by atomic mass is 9.78. The molecule has 0 spiro atoms. The lowest BCUT2D eigenvalue weighted by molar-refractivity contribution is -0.296. The summed E-state index contributed by atoms with van der Waals surface area (Å²) in [5.41, 5.74) is 7.22. The van der Waals surface area contributed by atoms with Crippen molar-refractivity contribution in [2.75, 3.05) is 46.6 Å². The average molecular weight is 969 g/mol. The number of Topliss-reactive ketones (excluding diaryl/α,β-unsaturated/α-hetero) is 1. The second-order valence-electron chi connectivity index (χ2n) is 19.0. The monoisotopic (exact) mass is 967 g/mol. The van der Waals surface area contributed by atoms with Gasteiger partial charge in [0.05, 0.1) is 24.0 Å². The number of aliphatic hydroxyl groups is 1. The largest absolute Gasteiger partial charge is 0.456 e. The Morgan fingerprint density at radius 3 is 2.53 bits per heavy atom. The number of carbonyl (C=O) groups excluding carboxylic acids is 4. The Labute approximate surface area is 404 Å². The second-order valence-corrected chi connectivity index (χ2v) is 19.6. The van der Waals surface area contributed by atoms with E-state index in [0.717, 1.165) is 5.56 Å². The highest BCUT2D eigenvalue weighted by Crippen LogP contribution is 2.43. The number of alkyl halides is 1. The van der Waals surface area contributed by atoms with Gasteiger partial charge in [0.2, 0.25) is 5.06 Å². The van der Waals surface area contributed by atoms with Crippen LogP contribution in [0.25, 0.3) is 11.3 Å². The van der Waals surface area contributed by atoms with E-state index in [2.05, 4.69) is 25.9 Å². The van der Waals surface area contributed by atoms with Crippen molar-refractivity contribution in [1.82, 2.24) is 40.4 Å². The highest BCUT2D eigenvalue weighted by atomic mass is 35.5. The van der Waals surface area contributed by atoms with Crippen LogP contribution in [0, 0.1) is 17.8 Å². The molecular formula is C48H70ClN9O10. The highest BCUT2D eigenvalue weighted by Gasteiger charge is 2.61. The molecule has 3 aromatic rings. The van der Waals surface area contributed by atoms with Crippen molar-refractivity contribution in [2.45, 2.75) is 140 Å². The standard InChI is InChI=1S/C48H70ClN9O10/c1-10-38-48(49)41(58(46(63)68-48)21-14-13-20-57-27-36(54-55-57)32-16-15-17-33(50)22-32)31(5)52-25-28(2)24-47(6,64-9)42(29(3)39(59)30(4)44(62)66-38)67-45-40(60)37(56(7)8)23-34(65-45)26-53-43(61)35-18-11-12-19-51-35/h11-12,15-19,22,27-31,34,37-38,40-42,45,52,60H,10,13-14,20-21,23-26,50H2,1-9H3,(H,53,61)/t28-,29+,30-,31-,34+,37?,38-,40?,41-,42-,45+,47-,48-/m1/s1. The van der Waals surface area contributed by atoms with Gasteiger partial charge in [-0.25, -0.2) is 4.79 Å². The van der Waals surface area contributed by atoms with Crippen molar-refractivity contribution in [3.8, 4) is 11.3 Å². The molecule has 2 aromatic heterocycles. The summed E-state index contributed by atoms with van der Waals surface area (Å²) >= 11 is 7.42. The van der Waals surface area contributed by atoms with Crippen LogP contribution < -0.4 is 16.4 Å². The van der Waals surface area contributed by atoms with Gasteiger partial charge >= 0.3 is 12.1 Å². The van der Waals surface area contributed by atoms with E-state index >= 15 is 0 Å². The number of benzene rings is 1. The van der Waals surface area contributed by atoms with Gasteiger partial charge in [-0.15, -0.1) is 5.10 Å². The Bertz CT molecular complexity index is 2190. The number of hydrogen-bond acceptors (Lipinski definition) is 16. The SMILES string of the molecule is CC[C@H]1OC(=O)[C@H](C)C(=O)[C@H](C)[C@@H](O[C@@H]2O[C@H](CNC(=O)c3ccccn3)CC(N(C)C)C2O)[C@](C)(OC)C[C@@H](C)CN[C@H](C)[C@H]2N(CCCCn3cc(-c4cccc(N)c4)nn3)C(=O)O[C@]12Cl. The van der Waals surface area contributed by atoms with E-state index in [-0.39, 0.29) is 37.0 Å². The van der Waals surface area contributed by atoms with Gasteiger partial charge in [0, 0.05) is 62.2 Å². The second kappa shape index (κ2) is 22.8. The van der Waals surface area contributed by atoms with Crippen molar-refractivity contribution in [3.05, 3.63) is 60.6 Å². The van der Waals surface area contributed by atoms with Crippen molar-refractivity contribution in [3.63, 3.8) is 0 Å². The molecule has 1 aromatic carbocycles. The zero-order valence-electron chi connectivity index (χ0n) is 40.7. The number of anilines is 1. The minimum Gasteiger partial charge on any atom is -0.456 e. The Hall–Kier alpha value is -4.76. The fourth-order valence-corrected chi connectivity index (χ4v) is 10.4. The molecule has 3 fully saturated rings. The number of aryl methyl sites for hydroxylation is 1. The molecule has 0 aliphatic carbocycles. The van der Waals surface area contributed by atoms with Crippen LogP contribution in [0.4, 0.5) is 10.5 Å². The lowest BCUT2D eigenvalue weighted by Gasteiger charge is -2.47. The number of nitrogens with one attached hydrogen (secondary N) is 2. The van der Waals surface area contributed by atoms with Gasteiger partial charge in [0.15, 0.2) is 18.2 Å². The number of nitrogen functional groups attached to an aromatic ring is 1. The van der Waals surface area contributed by atoms with E-state index in [4.69, 9.17) is 41.0 Å². The van der Waals surface area contributed by atoms with Crippen LogP contribution in [0.5, 0.6) is 0 Å². The number of nitrogens with two attached hydrogens (primary N) is 1. The fourth-order valence-electron chi connectivity index (χ4n) is 9.80. The smallest absolute Gasteiger partial charge is 0.412 e. The first-order valence-electron chi connectivity index (χ1n) is 23.6. The molecule has 0 saturated carbocycles. The minimum atomic E-state index is -1.80. The van der Waals surface area contributed by atoms with Crippen LogP contribution in [0.2, 0.25) is 0 Å². The quantitative estimate of drug-likeness (QED) is 0.0581. The number of hydrogen-bond donors (Lipinski definition) is 4. The molecule has 20 heteroatoms. The summed E-state index contributed by atoms with van der Waals surface area (Å²) in [5.74, 6) is -4.17. The molecule has 5 heterocycles. The van der Waals surface area contributed by atoms with E-state index in [1.54, 1.807) is 41.6 Å². The summed E-state index contributed by atoms with van der Waals surface area (Å²) in [4.78, 5) is 63.1. The van der Waals surface area contributed by atoms with Crippen molar-refractivity contribution in [2.24, 2.45) is 17.8 Å². The Kier molecular flexibility index (Phi) is 17.6. The predicted molar refractivity (Wildman–Crippen MR) is 253 cm³/mol. The molecule has 19 nitrogen and oxygen atoms in total. The molecule has 2 amide bonds. The minimum absolute atomic E-state index is 0.0979. The number of cyclic esters (lactones) is 1. The first-order valence-corrected chi connectivity index (χ1v) is 24.0. The number of halogens is 1.